The Bertz CT molecular complexity index is 134. The van der Waals surface area contributed by atoms with Gasteiger partial charge in [-0.25, -0.2) is 0 Å². The molecule has 1 rings (SSSR count). The molecule has 1 aliphatic rings. The Morgan fingerprint density at radius 3 is 2.46 bits per heavy atom. The van der Waals surface area contributed by atoms with Gasteiger partial charge in [0.25, 0.3) is 0 Å². The summed E-state index contributed by atoms with van der Waals surface area (Å²) >= 11 is 1.93. The van der Waals surface area contributed by atoms with Gasteiger partial charge in [0.2, 0.25) is 0 Å². The first-order chi connectivity index (χ1) is 6.22. The molecule has 0 aromatic carbocycles. The molecule has 1 saturated carbocycles. The van der Waals surface area contributed by atoms with Crippen LogP contribution in [0.3, 0.4) is 0 Å². The van der Waals surface area contributed by atoms with Gasteiger partial charge in [0, 0.05) is 17.8 Å². The molecule has 0 spiro atoms. The molecule has 2 heteroatoms. The lowest BCUT2D eigenvalue weighted by Crippen LogP contribution is -2.38. The molecule has 0 amide bonds. The second kappa shape index (κ2) is 5.92. The van der Waals surface area contributed by atoms with E-state index in [1.807, 2.05) is 11.8 Å². The third-order valence-corrected chi connectivity index (χ3v) is 3.73. The van der Waals surface area contributed by atoms with Gasteiger partial charge in [-0.1, -0.05) is 19.3 Å². The van der Waals surface area contributed by atoms with Crippen molar-refractivity contribution in [3.8, 4) is 0 Å². The molecule has 0 heterocycles. The fourth-order valence-electron chi connectivity index (χ4n) is 2.08. The predicted octanol–water partition coefficient (Wildman–Crippen LogP) is 2.91. The largest absolute Gasteiger partial charge is 0.311 e. The van der Waals surface area contributed by atoms with E-state index < -0.39 is 0 Å². The fraction of sp³-hybridized carbons (Fsp3) is 1.00. The summed E-state index contributed by atoms with van der Waals surface area (Å²) < 4.78 is 0. The normalized spacial score (nSPS) is 22.4. The topological polar surface area (TPSA) is 12.0 Å². The van der Waals surface area contributed by atoms with E-state index in [0.29, 0.717) is 12.1 Å². The Morgan fingerprint density at radius 1 is 1.31 bits per heavy atom. The predicted molar refractivity (Wildman–Crippen MR) is 62.4 cm³/mol. The summed E-state index contributed by atoms with van der Waals surface area (Å²) in [6.07, 6.45) is 7.98. The molecule has 0 saturated heterocycles. The molecular formula is C11H23NS. The van der Waals surface area contributed by atoms with E-state index in [1.54, 1.807) is 0 Å². The first-order valence-electron chi connectivity index (χ1n) is 5.47. The Morgan fingerprint density at radius 2 is 2.00 bits per heavy atom. The van der Waals surface area contributed by atoms with Crippen LogP contribution in [0.15, 0.2) is 0 Å². The van der Waals surface area contributed by atoms with Crippen molar-refractivity contribution in [2.24, 2.45) is 5.92 Å². The number of hydrogen-bond donors (Lipinski definition) is 1. The Kier molecular flexibility index (Phi) is 5.18. The standard InChI is InChI=1S/C11H23NS/c1-9(7-11-5-4-6-11)12-10(2)8-13-3/h9-12H,4-8H2,1-3H3. The van der Waals surface area contributed by atoms with Gasteiger partial charge in [-0.2, -0.15) is 11.8 Å². The summed E-state index contributed by atoms with van der Waals surface area (Å²) in [5.74, 6) is 2.26. The summed E-state index contributed by atoms with van der Waals surface area (Å²) in [5.41, 5.74) is 0. The van der Waals surface area contributed by atoms with Gasteiger partial charge in [-0.05, 0) is 32.4 Å². The zero-order chi connectivity index (χ0) is 9.68. The van der Waals surface area contributed by atoms with Crippen LogP contribution in [0.2, 0.25) is 0 Å². The minimum atomic E-state index is 0.671. The second-order valence-electron chi connectivity index (χ2n) is 4.46. The average molecular weight is 201 g/mol. The van der Waals surface area contributed by atoms with Crippen molar-refractivity contribution in [2.45, 2.75) is 51.6 Å². The van der Waals surface area contributed by atoms with Crippen LogP contribution in [0.25, 0.3) is 0 Å². The maximum Gasteiger partial charge on any atom is 0.0132 e. The number of rotatable bonds is 6. The van der Waals surface area contributed by atoms with Gasteiger partial charge in [-0.15, -0.1) is 0 Å². The van der Waals surface area contributed by atoms with Crippen molar-refractivity contribution in [3.05, 3.63) is 0 Å². The van der Waals surface area contributed by atoms with Crippen LogP contribution >= 0.6 is 11.8 Å². The summed E-state index contributed by atoms with van der Waals surface area (Å²) in [7, 11) is 0. The first-order valence-corrected chi connectivity index (χ1v) is 6.86. The van der Waals surface area contributed by atoms with E-state index in [1.165, 1.54) is 31.4 Å². The lowest BCUT2D eigenvalue weighted by atomic mass is 9.81. The lowest BCUT2D eigenvalue weighted by molar-refractivity contribution is 0.261. The van der Waals surface area contributed by atoms with Crippen LogP contribution in [0.5, 0.6) is 0 Å². The molecule has 0 bridgehead atoms. The van der Waals surface area contributed by atoms with Crippen molar-refractivity contribution >= 4 is 11.8 Å². The fourth-order valence-corrected chi connectivity index (χ4v) is 2.68. The molecule has 13 heavy (non-hydrogen) atoms. The third kappa shape index (κ3) is 4.37. The lowest BCUT2D eigenvalue weighted by Gasteiger charge is -2.29. The molecule has 1 fully saturated rings. The van der Waals surface area contributed by atoms with Gasteiger partial charge < -0.3 is 5.32 Å². The van der Waals surface area contributed by atoms with Crippen molar-refractivity contribution in [1.29, 1.82) is 0 Å². The summed E-state index contributed by atoms with van der Waals surface area (Å²) in [6.45, 7) is 4.61. The summed E-state index contributed by atoms with van der Waals surface area (Å²) in [6, 6.07) is 1.39. The summed E-state index contributed by atoms with van der Waals surface area (Å²) in [5, 5.41) is 3.66. The maximum absolute atomic E-state index is 3.66. The molecule has 0 aromatic heterocycles. The molecule has 1 aliphatic carbocycles. The van der Waals surface area contributed by atoms with E-state index in [4.69, 9.17) is 0 Å². The molecule has 2 unspecified atom stereocenters. The molecule has 0 radical (unpaired) electrons. The quantitative estimate of drug-likeness (QED) is 0.709. The minimum Gasteiger partial charge on any atom is -0.311 e. The van der Waals surface area contributed by atoms with Crippen LogP contribution in [-0.4, -0.2) is 24.1 Å². The molecule has 78 valence electrons. The highest BCUT2D eigenvalue weighted by atomic mass is 32.2. The van der Waals surface area contributed by atoms with Crippen LogP contribution in [0.4, 0.5) is 0 Å². The van der Waals surface area contributed by atoms with Crippen molar-refractivity contribution in [2.75, 3.05) is 12.0 Å². The zero-order valence-corrected chi connectivity index (χ0v) is 9.99. The van der Waals surface area contributed by atoms with E-state index in [2.05, 4.69) is 25.4 Å². The van der Waals surface area contributed by atoms with Crippen molar-refractivity contribution < 1.29 is 0 Å². The van der Waals surface area contributed by atoms with Gasteiger partial charge >= 0.3 is 0 Å². The van der Waals surface area contributed by atoms with Crippen LogP contribution in [0.1, 0.15) is 39.5 Å². The smallest absolute Gasteiger partial charge is 0.0132 e. The van der Waals surface area contributed by atoms with Gasteiger partial charge in [-0.3, -0.25) is 0 Å². The summed E-state index contributed by atoms with van der Waals surface area (Å²) in [4.78, 5) is 0. The molecule has 0 aliphatic heterocycles. The zero-order valence-electron chi connectivity index (χ0n) is 9.18. The van der Waals surface area contributed by atoms with Crippen molar-refractivity contribution in [1.82, 2.24) is 5.32 Å². The van der Waals surface area contributed by atoms with Gasteiger partial charge in [0.05, 0.1) is 0 Å². The molecule has 2 atom stereocenters. The molecule has 0 aromatic rings. The SMILES string of the molecule is CSCC(C)NC(C)CC1CCC1. The number of nitrogens with one attached hydrogen (secondary N) is 1. The Labute approximate surface area is 87.1 Å². The molecule has 1 N–H and O–H groups in total. The van der Waals surface area contributed by atoms with E-state index in [0.717, 1.165) is 5.92 Å². The highest BCUT2D eigenvalue weighted by Crippen LogP contribution is 2.30. The maximum atomic E-state index is 3.66. The third-order valence-electron chi connectivity index (χ3n) is 2.90. The van der Waals surface area contributed by atoms with Gasteiger partial charge in [0.15, 0.2) is 0 Å². The first kappa shape index (κ1) is 11.4. The average Bonchev–Trinajstić information content (AvgIpc) is 1.97. The van der Waals surface area contributed by atoms with E-state index in [-0.39, 0.29) is 0 Å². The highest BCUT2D eigenvalue weighted by molar-refractivity contribution is 7.98. The van der Waals surface area contributed by atoms with Gasteiger partial charge in [0.1, 0.15) is 0 Å². The van der Waals surface area contributed by atoms with E-state index in [9.17, 15) is 0 Å². The van der Waals surface area contributed by atoms with Crippen LogP contribution in [0, 0.1) is 5.92 Å². The highest BCUT2D eigenvalue weighted by Gasteiger charge is 2.20. The Hall–Kier alpha value is 0.310. The van der Waals surface area contributed by atoms with E-state index >= 15 is 0 Å². The van der Waals surface area contributed by atoms with Crippen LogP contribution in [-0.2, 0) is 0 Å². The van der Waals surface area contributed by atoms with Crippen molar-refractivity contribution in [3.63, 3.8) is 0 Å². The minimum absolute atomic E-state index is 0.671. The number of hydrogen-bond acceptors (Lipinski definition) is 2. The molecular weight excluding hydrogens is 178 g/mol. The van der Waals surface area contributed by atoms with Crippen LogP contribution < -0.4 is 5.32 Å². The number of thioether (sulfide) groups is 1. The monoisotopic (exact) mass is 201 g/mol. The Balaban J connectivity index is 2.04. The molecule has 1 nitrogen and oxygen atoms in total. The second-order valence-corrected chi connectivity index (χ2v) is 5.37.